The normalized spacial score (nSPS) is 16.4. The van der Waals surface area contributed by atoms with Crippen LogP contribution < -0.4 is 0 Å². The molecule has 0 aliphatic carbocycles. The molecule has 0 saturated carbocycles. The fourth-order valence-corrected chi connectivity index (χ4v) is 3.50. The van der Waals surface area contributed by atoms with E-state index in [4.69, 9.17) is 0 Å². The van der Waals surface area contributed by atoms with Gasteiger partial charge in [-0.1, -0.05) is 30.3 Å². The maximum absolute atomic E-state index is 3.89. The minimum absolute atomic E-state index is 0.480. The van der Waals surface area contributed by atoms with Crippen LogP contribution in [0.1, 0.15) is 31.4 Å². The molecule has 1 unspecified atom stereocenters. The van der Waals surface area contributed by atoms with E-state index in [1.807, 2.05) is 4.57 Å². The summed E-state index contributed by atoms with van der Waals surface area (Å²) in [4.78, 5) is 2.58. The molecule has 0 spiro atoms. The summed E-state index contributed by atoms with van der Waals surface area (Å²) in [7, 11) is 0. The van der Waals surface area contributed by atoms with E-state index < -0.39 is 0 Å². The Balaban J connectivity index is 1.65. The van der Waals surface area contributed by atoms with Crippen molar-refractivity contribution >= 4 is 0 Å². The van der Waals surface area contributed by atoms with E-state index in [0.717, 1.165) is 5.69 Å². The van der Waals surface area contributed by atoms with Crippen LogP contribution in [-0.2, 0) is 0 Å². The fraction of sp³-hybridized carbons (Fsp3) is 0.300. The molecule has 2 heterocycles. The molecule has 1 aliphatic heterocycles. The van der Waals surface area contributed by atoms with Gasteiger partial charge in [-0.25, -0.2) is 0 Å². The number of hydrogen-bond donors (Lipinski definition) is 0. The highest BCUT2D eigenvalue weighted by Gasteiger charge is 2.19. The van der Waals surface area contributed by atoms with Crippen molar-refractivity contribution < 1.29 is 0 Å². The second-order valence-electron chi connectivity index (χ2n) is 6.46. The Kier molecular flexibility index (Phi) is 4.13. The van der Waals surface area contributed by atoms with Gasteiger partial charge in [0.15, 0.2) is 0 Å². The zero-order valence-corrected chi connectivity index (χ0v) is 14.0. The molecule has 4 heteroatoms. The second kappa shape index (κ2) is 6.57. The highest BCUT2D eigenvalue weighted by molar-refractivity contribution is 5.66. The molecule has 2 aromatic carbocycles. The average molecular weight is 318 g/mol. The third kappa shape index (κ3) is 2.97. The first-order valence-corrected chi connectivity index (χ1v) is 8.61. The van der Waals surface area contributed by atoms with Crippen LogP contribution in [-0.4, -0.2) is 32.8 Å². The largest absolute Gasteiger partial charge is 0.297 e. The van der Waals surface area contributed by atoms with Crippen LogP contribution in [0.5, 0.6) is 0 Å². The Morgan fingerprint density at radius 1 is 0.875 bits per heavy atom. The highest BCUT2D eigenvalue weighted by Crippen LogP contribution is 2.29. The lowest BCUT2D eigenvalue weighted by Gasteiger charge is -2.24. The number of rotatable bonds is 4. The molecule has 0 amide bonds. The Hall–Kier alpha value is -2.46. The van der Waals surface area contributed by atoms with E-state index in [1.165, 1.54) is 42.6 Å². The van der Waals surface area contributed by atoms with Crippen molar-refractivity contribution in [1.82, 2.24) is 19.7 Å². The van der Waals surface area contributed by atoms with Gasteiger partial charge in [-0.05, 0) is 67.7 Å². The molecule has 4 rings (SSSR count). The van der Waals surface area contributed by atoms with Gasteiger partial charge in [0, 0.05) is 11.7 Å². The molecule has 1 fully saturated rings. The van der Waals surface area contributed by atoms with Crippen molar-refractivity contribution in [2.45, 2.75) is 25.8 Å². The summed E-state index contributed by atoms with van der Waals surface area (Å²) >= 11 is 0. The Bertz CT molecular complexity index is 804. The standard InChI is InChI=1S/C20H22N4/c1-16(23-10-2-3-11-23)17-6-4-7-18(12-17)19-8-5-9-20(13-19)24-14-21-22-15-24/h4-9,12-16H,2-3,10-11H2,1H3. The summed E-state index contributed by atoms with van der Waals surface area (Å²) in [5.74, 6) is 0. The first kappa shape index (κ1) is 15.1. The SMILES string of the molecule is CC(c1cccc(-c2cccc(-n3cnnc3)c2)c1)N1CCCC1. The third-order valence-electron chi connectivity index (χ3n) is 4.95. The van der Waals surface area contributed by atoms with Crippen LogP contribution in [0.3, 0.4) is 0 Å². The Morgan fingerprint density at radius 3 is 2.29 bits per heavy atom. The van der Waals surface area contributed by atoms with E-state index in [-0.39, 0.29) is 0 Å². The summed E-state index contributed by atoms with van der Waals surface area (Å²) in [5, 5.41) is 7.78. The monoisotopic (exact) mass is 318 g/mol. The number of likely N-dealkylation sites (tertiary alicyclic amines) is 1. The van der Waals surface area contributed by atoms with E-state index in [2.05, 4.69) is 70.6 Å². The highest BCUT2D eigenvalue weighted by atomic mass is 15.2. The summed E-state index contributed by atoms with van der Waals surface area (Å²) in [6, 6.07) is 17.9. The average Bonchev–Trinajstić information content (AvgIpc) is 3.35. The van der Waals surface area contributed by atoms with Crippen molar-refractivity contribution in [3.63, 3.8) is 0 Å². The van der Waals surface area contributed by atoms with Crippen molar-refractivity contribution in [1.29, 1.82) is 0 Å². The fourth-order valence-electron chi connectivity index (χ4n) is 3.50. The predicted molar refractivity (Wildman–Crippen MR) is 96.0 cm³/mol. The van der Waals surface area contributed by atoms with Crippen molar-refractivity contribution in [3.8, 4) is 16.8 Å². The van der Waals surface area contributed by atoms with Gasteiger partial charge >= 0.3 is 0 Å². The van der Waals surface area contributed by atoms with Gasteiger partial charge in [-0.3, -0.25) is 9.47 Å². The lowest BCUT2D eigenvalue weighted by atomic mass is 9.99. The van der Waals surface area contributed by atoms with Crippen molar-refractivity contribution in [2.24, 2.45) is 0 Å². The third-order valence-corrected chi connectivity index (χ3v) is 4.95. The van der Waals surface area contributed by atoms with Crippen LogP contribution in [0.2, 0.25) is 0 Å². The van der Waals surface area contributed by atoms with Gasteiger partial charge in [0.05, 0.1) is 0 Å². The molecule has 3 aromatic rings. The summed E-state index contributed by atoms with van der Waals surface area (Å²) < 4.78 is 1.93. The molecular formula is C20H22N4. The molecule has 1 aromatic heterocycles. The van der Waals surface area contributed by atoms with Crippen LogP contribution in [0.4, 0.5) is 0 Å². The number of aromatic nitrogens is 3. The molecule has 0 radical (unpaired) electrons. The van der Waals surface area contributed by atoms with Crippen LogP contribution in [0.15, 0.2) is 61.2 Å². The molecule has 24 heavy (non-hydrogen) atoms. The first-order valence-electron chi connectivity index (χ1n) is 8.61. The molecular weight excluding hydrogens is 296 g/mol. The summed E-state index contributed by atoms with van der Waals surface area (Å²) in [5.41, 5.74) is 4.95. The molecule has 0 N–H and O–H groups in total. The van der Waals surface area contributed by atoms with Gasteiger partial charge in [0.1, 0.15) is 12.7 Å². The van der Waals surface area contributed by atoms with E-state index >= 15 is 0 Å². The summed E-state index contributed by atoms with van der Waals surface area (Å²) in [6.45, 7) is 4.75. The van der Waals surface area contributed by atoms with Crippen molar-refractivity contribution in [3.05, 3.63) is 66.7 Å². The molecule has 4 nitrogen and oxygen atoms in total. The lowest BCUT2D eigenvalue weighted by Crippen LogP contribution is -2.23. The van der Waals surface area contributed by atoms with Crippen LogP contribution >= 0.6 is 0 Å². The number of benzene rings is 2. The van der Waals surface area contributed by atoms with Crippen molar-refractivity contribution in [2.75, 3.05) is 13.1 Å². The van der Waals surface area contributed by atoms with Crippen LogP contribution in [0.25, 0.3) is 16.8 Å². The molecule has 1 aliphatic rings. The predicted octanol–water partition coefficient (Wildman–Crippen LogP) is 4.09. The van der Waals surface area contributed by atoms with Gasteiger partial charge in [0.25, 0.3) is 0 Å². The minimum atomic E-state index is 0.480. The maximum atomic E-state index is 3.89. The zero-order chi connectivity index (χ0) is 16.4. The molecule has 1 saturated heterocycles. The van der Waals surface area contributed by atoms with Gasteiger partial charge in [-0.2, -0.15) is 0 Å². The quantitative estimate of drug-likeness (QED) is 0.726. The van der Waals surface area contributed by atoms with Gasteiger partial charge in [-0.15, -0.1) is 10.2 Å². The molecule has 0 bridgehead atoms. The Labute approximate surface area is 142 Å². The van der Waals surface area contributed by atoms with E-state index in [0.29, 0.717) is 6.04 Å². The second-order valence-corrected chi connectivity index (χ2v) is 6.46. The number of hydrogen-bond acceptors (Lipinski definition) is 3. The zero-order valence-electron chi connectivity index (χ0n) is 14.0. The topological polar surface area (TPSA) is 34.0 Å². The molecule has 1 atom stereocenters. The first-order chi connectivity index (χ1) is 11.8. The Morgan fingerprint density at radius 2 is 1.54 bits per heavy atom. The van der Waals surface area contributed by atoms with Crippen LogP contribution in [0, 0.1) is 0 Å². The van der Waals surface area contributed by atoms with E-state index in [1.54, 1.807) is 12.7 Å². The molecule has 122 valence electrons. The van der Waals surface area contributed by atoms with E-state index in [9.17, 15) is 0 Å². The minimum Gasteiger partial charge on any atom is -0.297 e. The lowest BCUT2D eigenvalue weighted by molar-refractivity contribution is 0.263. The summed E-state index contributed by atoms with van der Waals surface area (Å²) in [6.07, 6.45) is 6.10. The van der Waals surface area contributed by atoms with Gasteiger partial charge < -0.3 is 0 Å². The number of nitrogens with zero attached hydrogens (tertiary/aromatic N) is 4. The van der Waals surface area contributed by atoms with Gasteiger partial charge in [0.2, 0.25) is 0 Å². The smallest absolute Gasteiger partial charge is 0.123 e. The maximum Gasteiger partial charge on any atom is 0.123 e.